The first kappa shape index (κ1) is 12.4. The van der Waals surface area contributed by atoms with Gasteiger partial charge in [-0.05, 0) is 32.4 Å². The van der Waals surface area contributed by atoms with Crippen LogP contribution in [0.25, 0.3) is 0 Å². The van der Waals surface area contributed by atoms with E-state index in [4.69, 9.17) is 5.73 Å². The van der Waals surface area contributed by atoms with Gasteiger partial charge in [-0.2, -0.15) is 0 Å². The Bertz CT molecular complexity index is 490. The molecule has 19 heavy (non-hydrogen) atoms. The molecule has 0 spiro atoms. The summed E-state index contributed by atoms with van der Waals surface area (Å²) in [6, 6.07) is 2.85. The minimum Gasteiger partial charge on any atom is -0.397 e. The lowest BCUT2D eigenvalue weighted by atomic mass is 10.1. The van der Waals surface area contributed by atoms with Crippen molar-refractivity contribution in [2.75, 3.05) is 25.9 Å². The fourth-order valence-electron chi connectivity index (χ4n) is 3.27. The summed E-state index contributed by atoms with van der Waals surface area (Å²) in [4.78, 5) is 20.9. The quantitative estimate of drug-likeness (QED) is 0.817. The second-order valence-corrected chi connectivity index (χ2v) is 5.55. The van der Waals surface area contributed by atoms with Gasteiger partial charge in [-0.3, -0.25) is 14.7 Å². The third-order valence-corrected chi connectivity index (χ3v) is 4.52. The highest BCUT2D eigenvalue weighted by Gasteiger charge is 2.36. The SMILES string of the molecule is CN1C2CCC1CN(C(=O)c1ccncc1N)CC2. The Morgan fingerprint density at radius 3 is 2.95 bits per heavy atom. The second kappa shape index (κ2) is 4.81. The standard InChI is InChI=1S/C14H20N4O/c1-17-10-2-3-11(17)9-18(7-5-10)14(19)12-4-6-16-8-13(12)15/h4,6,8,10-11H,2-3,5,7,9,15H2,1H3. The van der Waals surface area contributed by atoms with E-state index in [1.54, 1.807) is 18.5 Å². The number of carbonyl (C=O) groups is 1. The molecule has 2 fully saturated rings. The third kappa shape index (κ3) is 2.18. The molecule has 2 N–H and O–H groups in total. The predicted octanol–water partition coefficient (Wildman–Crippen LogP) is 0.972. The van der Waals surface area contributed by atoms with Crippen molar-refractivity contribution in [2.45, 2.75) is 31.3 Å². The van der Waals surface area contributed by atoms with Crippen LogP contribution in [0, 0.1) is 0 Å². The predicted molar refractivity (Wildman–Crippen MR) is 73.7 cm³/mol. The molecule has 1 aromatic rings. The summed E-state index contributed by atoms with van der Waals surface area (Å²) in [5.74, 6) is 0.0425. The molecular weight excluding hydrogens is 240 g/mol. The Labute approximate surface area is 113 Å². The molecule has 2 bridgehead atoms. The van der Waals surface area contributed by atoms with E-state index in [0.29, 0.717) is 23.3 Å². The summed E-state index contributed by atoms with van der Waals surface area (Å²) in [5.41, 5.74) is 6.90. The Hall–Kier alpha value is -1.62. The van der Waals surface area contributed by atoms with Crippen molar-refractivity contribution < 1.29 is 4.79 Å². The zero-order valence-corrected chi connectivity index (χ0v) is 11.2. The van der Waals surface area contributed by atoms with Crippen LogP contribution in [-0.4, -0.2) is 52.9 Å². The fourth-order valence-corrected chi connectivity index (χ4v) is 3.27. The van der Waals surface area contributed by atoms with Crippen molar-refractivity contribution in [3.63, 3.8) is 0 Å². The Morgan fingerprint density at radius 2 is 2.16 bits per heavy atom. The number of nitrogens with two attached hydrogens (primary N) is 1. The van der Waals surface area contributed by atoms with Gasteiger partial charge < -0.3 is 10.6 Å². The molecule has 5 heteroatoms. The molecule has 0 aliphatic carbocycles. The van der Waals surface area contributed by atoms with E-state index in [-0.39, 0.29) is 5.91 Å². The van der Waals surface area contributed by atoms with E-state index in [0.717, 1.165) is 19.5 Å². The van der Waals surface area contributed by atoms with E-state index >= 15 is 0 Å². The number of carbonyl (C=O) groups excluding carboxylic acids is 1. The topological polar surface area (TPSA) is 62.5 Å². The van der Waals surface area contributed by atoms with Gasteiger partial charge in [0.1, 0.15) is 0 Å². The van der Waals surface area contributed by atoms with Gasteiger partial charge in [0.25, 0.3) is 5.91 Å². The molecule has 3 rings (SSSR count). The van der Waals surface area contributed by atoms with Gasteiger partial charge in [-0.15, -0.1) is 0 Å². The van der Waals surface area contributed by atoms with Crippen molar-refractivity contribution in [1.29, 1.82) is 0 Å². The maximum absolute atomic E-state index is 12.6. The van der Waals surface area contributed by atoms with Crippen molar-refractivity contribution in [3.05, 3.63) is 24.0 Å². The Morgan fingerprint density at radius 1 is 1.37 bits per heavy atom. The van der Waals surface area contributed by atoms with Crippen molar-refractivity contribution in [1.82, 2.24) is 14.8 Å². The highest BCUT2D eigenvalue weighted by atomic mass is 16.2. The normalized spacial score (nSPS) is 27.3. The minimum atomic E-state index is 0.0425. The smallest absolute Gasteiger partial charge is 0.256 e. The van der Waals surface area contributed by atoms with Crippen LogP contribution in [0.15, 0.2) is 18.5 Å². The summed E-state index contributed by atoms with van der Waals surface area (Å²) >= 11 is 0. The number of aromatic nitrogens is 1. The van der Waals surface area contributed by atoms with Crippen LogP contribution in [0.2, 0.25) is 0 Å². The zero-order chi connectivity index (χ0) is 13.4. The molecule has 2 atom stereocenters. The van der Waals surface area contributed by atoms with E-state index in [1.807, 2.05) is 4.90 Å². The molecule has 1 amide bonds. The van der Waals surface area contributed by atoms with Gasteiger partial charge in [0.15, 0.2) is 0 Å². The average molecular weight is 260 g/mol. The molecule has 2 unspecified atom stereocenters. The van der Waals surface area contributed by atoms with Crippen LogP contribution in [0.3, 0.4) is 0 Å². The lowest BCUT2D eigenvalue weighted by Crippen LogP contribution is -2.39. The minimum absolute atomic E-state index is 0.0425. The number of amides is 1. The van der Waals surface area contributed by atoms with E-state index in [9.17, 15) is 4.79 Å². The highest BCUT2D eigenvalue weighted by molar-refractivity contribution is 5.98. The summed E-state index contributed by atoms with van der Waals surface area (Å²) in [6.07, 6.45) is 6.68. The summed E-state index contributed by atoms with van der Waals surface area (Å²) in [5, 5.41) is 0. The maximum Gasteiger partial charge on any atom is 0.256 e. The lowest BCUT2D eigenvalue weighted by molar-refractivity contribution is 0.0741. The average Bonchev–Trinajstić information content (AvgIpc) is 2.63. The van der Waals surface area contributed by atoms with E-state index in [2.05, 4.69) is 16.9 Å². The van der Waals surface area contributed by atoms with Crippen molar-refractivity contribution >= 4 is 11.6 Å². The summed E-state index contributed by atoms with van der Waals surface area (Å²) in [7, 11) is 2.18. The highest BCUT2D eigenvalue weighted by Crippen LogP contribution is 2.29. The second-order valence-electron chi connectivity index (χ2n) is 5.55. The zero-order valence-electron chi connectivity index (χ0n) is 11.2. The number of fused-ring (bicyclic) bond motifs is 2. The molecule has 0 saturated carbocycles. The number of hydrogen-bond donors (Lipinski definition) is 1. The maximum atomic E-state index is 12.6. The molecule has 2 saturated heterocycles. The molecule has 2 aliphatic heterocycles. The van der Waals surface area contributed by atoms with Crippen LogP contribution in [0.4, 0.5) is 5.69 Å². The molecular formula is C14H20N4O. The molecule has 1 aromatic heterocycles. The van der Waals surface area contributed by atoms with Gasteiger partial charge in [0.2, 0.25) is 0 Å². The number of anilines is 1. The number of likely N-dealkylation sites (tertiary alicyclic amines) is 1. The van der Waals surface area contributed by atoms with Crippen LogP contribution >= 0.6 is 0 Å². The largest absolute Gasteiger partial charge is 0.397 e. The molecule has 0 aromatic carbocycles. The van der Waals surface area contributed by atoms with Crippen LogP contribution in [-0.2, 0) is 0 Å². The van der Waals surface area contributed by atoms with Gasteiger partial charge in [0, 0.05) is 31.4 Å². The number of hydrogen-bond acceptors (Lipinski definition) is 4. The summed E-state index contributed by atoms with van der Waals surface area (Å²) in [6.45, 7) is 1.64. The number of nitrogens with zero attached hydrogens (tertiary/aromatic N) is 3. The fraction of sp³-hybridized carbons (Fsp3) is 0.571. The van der Waals surface area contributed by atoms with Crippen LogP contribution in [0.5, 0.6) is 0 Å². The Kier molecular flexibility index (Phi) is 3.14. The molecule has 102 valence electrons. The molecule has 2 aliphatic rings. The summed E-state index contributed by atoms with van der Waals surface area (Å²) < 4.78 is 0. The number of pyridine rings is 1. The first-order valence-electron chi connectivity index (χ1n) is 6.87. The molecule has 0 radical (unpaired) electrons. The lowest BCUT2D eigenvalue weighted by Gasteiger charge is -2.26. The molecule has 3 heterocycles. The molecule has 5 nitrogen and oxygen atoms in total. The number of likely N-dealkylation sites (N-methyl/N-ethyl adjacent to an activating group) is 1. The number of nitrogen functional groups attached to an aromatic ring is 1. The first-order valence-corrected chi connectivity index (χ1v) is 6.87. The van der Waals surface area contributed by atoms with Gasteiger partial charge in [-0.25, -0.2) is 0 Å². The first-order chi connectivity index (χ1) is 9.16. The monoisotopic (exact) mass is 260 g/mol. The van der Waals surface area contributed by atoms with E-state index in [1.165, 1.54) is 12.8 Å². The van der Waals surface area contributed by atoms with Crippen molar-refractivity contribution in [3.8, 4) is 0 Å². The third-order valence-electron chi connectivity index (χ3n) is 4.52. The van der Waals surface area contributed by atoms with Crippen LogP contribution < -0.4 is 5.73 Å². The van der Waals surface area contributed by atoms with Crippen molar-refractivity contribution in [2.24, 2.45) is 0 Å². The van der Waals surface area contributed by atoms with E-state index < -0.39 is 0 Å². The Balaban J connectivity index is 1.80. The van der Waals surface area contributed by atoms with Gasteiger partial charge in [0.05, 0.1) is 17.4 Å². The van der Waals surface area contributed by atoms with Crippen LogP contribution in [0.1, 0.15) is 29.6 Å². The van der Waals surface area contributed by atoms with Gasteiger partial charge >= 0.3 is 0 Å². The number of rotatable bonds is 1. The van der Waals surface area contributed by atoms with Gasteiger partial charge in [-0.1, -0.05) is 0 Å².